The minimum absolute atomic E-state index is 0.0149. The SMILES string of the molecule is Cc1nc(N2CCN(C(=O)CN3C(=O)CCc4ccccc43)CC2)c2cnn(C)c2n1. The summed E-state index contributed by atoms with van der Waals surface area (Å²) in [5, 5.41) is 5.23. The van der Waals surface area contributed by atoms with Gasteiger partial charge in [-0.25, -0.2) is 9.97 Å². The number of rotatable bonds is 3. The molecule has 1 fully saturated rings. The molecule has 1 saturated heterocycles. The third kappa shape index (κ3) is 3.49. The fourth-order valence-corrected chi connectivity index (χ4v) is 4.43. The fourth-order valence-electron chi connectivity index (χ4n) is 4.43. The Morgan fingerprint density at radius 2 is 1.84 bits per heavy atom. The van der Waals surface area contributed by atoms with Gasteiger partial charge in [0.05, 0.1) is 11.6 Å². The smallest absolute Gasteiger partial charge is 0.242 e. The van der Waals surface area contributed by atoms with Gasteiger partial charge in [-0.05, 0) is 25.0 Å². The van der Waals surface area contributed by atoms with Crippen molar-refractivity contribution in [3.63, 3.8) is 0 Å². The molecule has 5 rings (SSSR count). The average Bonchev–Trinajstić information content (AvgIpc) is 3.15. The quantitative estimate of drug-likeness (QED) is 0.636. The molecule has 0 saturated carbocycles. The fraction of sp³-hybridized carbons (Fsp3) is 0.409. The molecule has 0 aliphatic carbocycles. The summed E-state index contributed by atoms with van der Waals surface area (Å²) in [6.07, 6.45) is 2.98. The number of carbonyl (C=O) groups is 2. The van der Waals surface area contributed by atoms with Gasteiger partial charge < -0.3 is 14.7 Å². The average molecular weight is 419 g/mol. The molecule has 31 heavy (non-hydrogen) atoms. The molecule has 9 heteroatoms. The first-order valence-corrected chi connectivity index (χ1v) is 10.6. The highest BCUT2D eigenvalue weighted by Crippen LogP contribution is 2.28. The maximum absolute atomic E-state index is 13.0. The van der Waals surface area contributed by atoms with Crippen molar-refractivity contribution in [3.8, 4) is 0 Å². The predicted octanol–water partition coefficient (Wildman–Crippen LogP) is 1.30. The summed E-state index contributed by atoms with van der Waals surface area (Å²) in [7, 11) is 1.87. The van der Waals surface area contributed by atoms with Crippen molar-refractivity contribution in [2.45, 2.75) is 19.8 Å². The first-order chi connectivity index (χ1) is 15.0. The van der Waals surface area contributed by atoms with Gasteiger partial charge in [0.2, 0.25) is 11.8 Å². The number of benzene rings is 1. The molecule has 2 aliphatic heterocycles. The van der Waals surface area contributed by atoms with Crippen LogP contribution in [0.2, 0.25) is 0 Å². The van der Waals surface area contributed by atoms with E-state index in [1.165, 1.54) is 0 Å². The molecule has 0 N–H and O–H groups in total. The van der Waals surface area contributed by atoms with Gasteiger partial charge in [0.25, 0.3) is 0 Å². The number of nitrogens with zero attached hydrogens (tertiary/aromatic N) is 7. The van der Waals surface area contributed by atoms with Crippen molar-refractivity contribution in [2.75, 3.05) is 42.5 Å². The lowest BCUT2D eigenvalue weighted by Crippen LogP contribution is -2.52. The van der Waals surface area contributed by atoms with E-state index in [0.717, 1.165) is 34.5 Å². The zero-order chi connectivity index (χ0) is 21.5. The topological polar surface area (TPSA) is 87.5 Å². The lowest BCUT2D eigenvalue weighted by atomic mass is 10.0. The highest BCUT2D eigenvalue weighted by molar-refractivity contribution is 6.01. The van der Waals surface area contributed by atoms with Crippen LogP contribution in [0.5, 0.6) is 0 Å². The number of hydrogen-bond donors (Lipinski definition) is 0. The largest absolute Gasteiger partial charge is 0.352 e. The number of anilines is 2. The van der Waals surface area contributed by atoms with E-state index in [1.54, 1.807) is 15.8 Å². The summed E-state index contributed by atoms with van der Waals surface area (Å²) in [4.78, 5) is 40.3. The lowest BCUT2D eigenvalue weighted by molar-refractivity contribution is -0.131. The van der Waals surface area contributed by atoms with Crippen LogP contribution in [0.1, 0.15) is 17.8 Å². The molecule has 160 valence electrons. The summed E-state index contributed by atoms with van der Waals surface area (Å²) in [6, 6.07) is 7.84. The Morgan fingerprint density at radius 3 is 2.65 bits per heavy atom. The van der Waals surface area contributed by atoms with Crippen LogP contribution < -0.4 is 9.80 Å². The van der Waals surface area contributed by atoms with E-state index >= 15 is 0 Å². The third-order valence-corrected chi connectivity index (χ3v) is 6.10. The second-order valence-corrected chi connectivity index (χ2v) is 8.08. The molecular formula is C22H25N7O2. The summed E-state index contributed by atoms with van der Waals surface area (Å²) < 4.78 is 1.75. The zero-order valence-electron chi connectivity index (χ0n) is 17.8. The first kappa shape index (κ1) is 19.5. The Hall–Kier alpha value is -3.49. The molecule has 9 nitrogen and oxygen atoms in total. The molecule has 0 unspecified atom stereocenters. The van der Waals surface area contributed by atoms with Gasteiger partial charge in [-0.1, -0.05) is 18.2 Å². The number of para-hydroxylation sites is 1. The van der Waals surface area contributed by atoms with Crippen molar-refractivity contribution in [1.29, 1.82) is 0 Å². The minimum atomic E-state index is -0.0184. The zero-order valence-corrected chi connectivity index (χ0v) is 17.8. The van der Waals surface area contributed by atoms with Gasteiger partial charge in [-0.15, -0.1) is 0 Å². The second-order valence-electron chi connectivity index (χ2n) is 8.08. The van der Waals surface area contributed by atoms with Crippen LogP contribution in [0.4, 0.5) is 11.5 Å². The molecular weight excluding hydrogens is 394 g/mol. The number of fused-ring (bicyclic) bond motifs is 2. The van der Waals surface area contributed by atoms with Crippen molar-refractivity contribution in [1.82, 2.24) is 24.6 Å². The molecule has 2 amide bonds. The van der Waals surface area contributed by atoms with E-state index in [4.69, 9.17) is 0 Å². The molecule has 1 aromatic carbocycles. The van der Waals surface area contributed by atoms with Crippen LogP contribution in [0, 0.1) is 6.92 Å². The summed E-state index contributed by atoms with van der Waals surface area (Å²) >= 11 is 0. The molecule has 2 aromatic heterocycles. The van der Waals surface area contributed by atoms with Crippen LogP contribution in [-0.2, 0) is 23.1 Å². The van der Waals surface area contributed by atoms with Gasteiger partial charge in [-0.3, -0.25) is 14.3 Å². The van der Waals surface area contributed by atoms with Crippen molar-refractivity contribution in [2.24, 2.45) is 7.05 Å². The molecule has 3 aromatic rings. The van der Waals surface area contributed by atoms with Gasteiger partial charge in [0.1, 0.15) is 18.2 Å². The van der Waals surface area contributed by atoms with Crippen LogP contribution in [0.3, 0.4) is 0 Å². The predicted molar refractivity (Wildman–Crippen MR) is 117 cm³/mol. The Labute approximate surface area is 180 Å². The maximum Gasteiger partial charge on any atom is 0.242 e. The van der Waals surface area contributed by atoms with E-state index in [-0.39, 0.29) is 18.4 Å². The van der Waals surface area contributed by atoms with Gasteiger partial charge >= 0.3 is 0 Å². The monoisotopic (exact) mass is 419 g/mol. The number of piperazine rings is 1. The van der Waals surface area contributed by atoms with E-state index in [2.05, 4.69) is 20.0 Å². The normalized spacial score (nSPS) is 16.7. The maximum atomic E-state index is 13.0. The van der Waals surface area contributed by atoms with Crippen LogP contribution in [-0.4, -0.2) is 69.2 Å². The van der Waals surface area contributed by atoms with Gasteiger partial charge in [-0.2, -0.15) is 5.10 Å². The van der Waals surface area contributed by atoms with Crippen LogP contribution in [0.15, 0.2) is 30.5 Å². The van der Waals surface area contributed by atoms with Crippen molar-refractivity contribution >= 4 is 34.4 Å². The first-order valence-electron chi connectivity index (χ1n) is 10.6. The highest BCUT2D eigenvalue weighted by atomic mass is 16.2. The number of hydrogen-bond acceptors (Lipinski definition) is 6. The van der Waals surface area contributed by atoms with E-state index in [1.807, 2.05) is 43.1 Å². The summed E-state index contributed by atoms with van der Waals surface area (Å²) in [6.45, 7) is 4.51. The number of aromatic nitrogens is 4. The Balaban J connectivity index is 1.28. The number of aryl methyl sites for hydroxylation is 3. The Kier molecular flexibility index (Phi) is 4.80. The lowest BCUT2D eigenvalue weighted by Gasteiger charge is -2.37. The molecule has 0 atom stereocenters. The second kappa shape index (κ2) is 7.64. The van der Waals surface area contributed by atoms with E-state index < -0.39 is 0 Å². The van der Waals surface area contributed by atoms with Crippen LogP contribution >= 0.6 is 0 Å². The van der Waals surface area contributed by atoms with Gasteiger partial charge in [0, 0.05) is 45.3 Å². The summed E-state index contributed by atoms with van der Waals surface area (Å²) in [5.41, 5.74) is 2.80. The van der Waals surface area contributed by atoms with Gasteiger partial charge in [0.15, 0.2) is 5.65 Å². The standard InChI is InChI=1S/C22H25N7O2/c1-15-24-21-17(13-23-26(21)2)22(25-15)28-11-9-27(10-12-28)20(31)14-29-18-6-4-3-5-16(18)7-8-19(29)30/h3-6,13H,7-12,14H2,1-2H3. The molecule has 0 radical (unpaired) electrons. The minimum Gasteiger partial charge on any atom is -0.352 e. The van der Waals surface area contributed by atoms with Crippen LogP contribution in [0.25, 0.3) is 11.0 Å². The molecule has 0 spiro atoms. The van der Waals surface area contributed by atoms with E-state index in [9.17, 15) is 9.59 Å². The van der Waals surface area contributed by atoms with E-state index in [0.29, 0.717) is 38.4 Å². The summed E-state index contributed by atoms with van der Waals surface area (Å²) in [5.74, 6) is 1.56. The number of carbonyl (C=O) groups excluding carboxylic acids is 2. The molecule has 4 heterocycles. The van der Waals surface area contributed by atoms with Crippen molar-refractivity contribution < 1.29 is 9.59 Å². The number of amides is 2. The Morgan fingerprint density at radius 1 is 1.06 bits per heavy atom. The Bertz CT molecular complexity index is 1160. The van der Waals surface area contributed by atoms with Crippen molar-refractivity contribution in [3.05, 3.63) is 41.9 Å². The third-order valence-electron chi connectivity index (χ3n) is 6.10. The highest BCUT2D eigenvalue weighted by Gasteiger charge is 2.29. The molecule has 0 bridgehead atoms. The molecule has 2 aliphatic rings.